The number of para-hydroxylation sites is 1. The average molecular weight is 567 g/mol. The number of amides is 1. The van der Waals surface area contributed by atoms with Crippen molar-refractivity contribution in [2.75, 3.05) is 11.9 Å². The van der Waals surface area contributed by atoms with Crippen molar-refractivity contribution in [1.82, 2.24) is 4.90 Å². The molecule has 0 radical (unpaired) electrons. The Kier molecular flexibility index (Phi) is 6.35. The highest BCUT2D eigenvalue weighted by atomic mass is 16.5. The molecule has 0 bridgehead atoms. The van der Waals surface area contributed by atoms with Crippen molar-refractivity contribution in [3.63, 3.8) is 0 Å². The standard InChI is InChI=1S/C37H30N2O4/c1-3-21-43-27-11-8-10-26(22-27)33(40)31-32(34(41)25-17-15-23(2)16-18-25)39-20-19-24-9-4-5-12-28(24)35(39)37(31)29-13-6-7-14-30(29)38-36(37)42/h3-20,22,31-32,35H,1,21H2,2H3,(H,38,42)/t31-,32+,35-,37+/m0/s1. The third-order valence-corrected chi connectivity index (χ3v) is 8.94. The van der Waals surface area contributed by atoms with Crippen molar-refractivity contribution in [3.05, 3.63) is 149 Å². The molecular formula is C37H30N2O4. The zero-order valence-corrected chi connectivity index (χ0v) is 23.7. The number of fused-ring (bicyclic) bond motifs is 6. The highest BCUT2D eigenvalue weighted by molar-refractivity contribution is 6.16. The zero-order valence-electron chi connectivity index (χ0n) is 23.7. The molecular weight excluding hydrogens is 536 g/mol. The summed E-state index contributed by atoms with van der Waals surface area (Å²) in [6.45, 7) is 5.96. The number of benzene rings is 4. The second-order valence-corrected chi connectivity index (χ2v) is 11.3. The van der Waals surface area contributed by atoms with Crippen molar-refractivity contribution in [2.24, 2.45) is 5.92 Å². The van der Waals surface area contributed by atoms with Crippen molar-refractivity contribution >= 4 is 29.2 Å². The highest BCUT2D eigenvalue weighted by Crippen LogP contribution is 2.62. The van der Waals surface area contributed by atoms with Gasteiger partial charge in [0, 0.05) is 23.0 Å². The Morgan fingerprint density at radius 1 is 0.930 bits per heavy atom. The van der Waals surface area contributed by atoms with Gasteiger partial charge >= 0.3 is 0 Å². The predicted molar refractivity (Wildman–Crippen MR) is 166 cm³/mol. The minimum absolute atomic E-state index is 0.208. The van der Waals surface area contributed by atoms with Gasteiger partial charge in [0.25, 0.3) is 0 Å². The summed E-state index contributed by atoms with van der Waals surface area (Å²) in [4.78, 5) is 46.1. The molecule has 0 aliphatic carbocycles. The Balaban J connectivity index is 1.50. The predicted octanol–water partition coefficient (Wildman–Crippen LogP) is 6.54. The maximum atomic E-state index is 15.0. The number of carbonyl (C=O) groups excluding carboxylic acids is 3. The molecule has 212 valence electrons. The summed E-state index contributed by atoms with van der Waals surface area (Å²) < 4.78 is 5.76. The van der Waals surface area contributed by atoms with Crippen LogP contribution in [0.2, 0.25) is 0 Å². The number of nitrogens with zero attached hydrogens (tertiary/aromatic N) is 1. The molecule has 43 heavy (non-hydrogen) atoms. The lowest BCUT2D eigenvalue weighted by Gasteiger charge is -2.38. The molecule has 4 atom stereocenters. The number of hydrogen-bond acceptors (Lipinski definition) is 5. The zero-order chi connectivity index (χ0) is 29.7. The highest BCUT2D eigenvalue weighted by Gasteiger charge is 2.70. The number of Topliss-reactive ketones (excluding diaryl/α,β-unsaturated/α-hetero) is 2. The minimum Gasteiger partial charge on any atom is -0.490 e. The van der Waals surface area contributed by atoms with E-state index in [-0.39, 0.29) is 24.1 Å². The normalized spacial score (nSPS) is 22.9. The Morgan fingerprint density at radius 2 is 1.70 bits per heavy atom. The van der Waals surface area contributed by atoms with Gasteiger partial charge in [-0.1, -0.05) is 97.1 Å². The van der Waals surface area contributed by atoms with Gasteiger partial charge in [0.15, 0.2) is 11.6 Å². The van der Waals surface area contributed by atoms with Gasteiger partial charge in [0.1, 0.15) is 23.8 Å². The van der Waals surface area contributed by atoms with Gasteiger partial charge < -0.3 is 15.0 Å². The molecule has 1 N–H and O–H groups in total. The third-order valence-electron chi connectivity index (χ3n) is 8.94. The number of ether oxygens (including phenoxy) is 1. The smallest absolute Gasteiger partial charge is 0.238 e. The number of nitrogens with one attached hydrogen (secondary N) is 1. The molecule has 4 aromatic carbocycles. The van der Waals surface area contributed by atoms with Crippen molar-refractivity contribution in [1.29, 1.82) is 0 Å². The first-order valence-corrected chi connectivity index (χ1v) is 14.4. The van der Waals surface area contributed by atoms with Crippen LogP contribution in [-0.4, -0.2) is 35.0 Å². The molecule has 0 unspecified atom stereocenters. The summed E-state index contributed by atoms with van der Waals surface area (Å²) in [5, 5.41) is 3.09. The number of rotatable bonds is 7. The molecule has 1 spiro atoms. The van der Waals surface area contributed by atoms with Gasteiger partial charge in [-0.2, -0.15) is 0 Å². The van der Waals surface area contributed by atoms with E-state index in [9.17, 15) is 14.4 Å². The van der Waals surface area contributed by atoms with E-state index in [1.54, 1.807) is 42.5 Å². The van der Waals surface area contributed by atoms with Crippen LogP contribution in [0.3, 0.4) is 0 Å². The molecule has 1 amide bonds. The van der Waals surface area contributed by atoms with Crippen molar-refractivity contribution < 1.29 is 19.1 Å². The minimum atomic E-state index is -1.38. The van der Waals surface area contributed by atoms with Crippen LogP contribution in [0.15, 0.2) is 116 Å². The van der Waals surface area contributed by atoms with Crippen LogP contribution in [0.25, 0.3) is 6.08 Å². The Hall–Kier alpha value is -5.23. The molecule has 1 saturated heterocycles. The third kappa shape index (κ3) is 3.97. The van der Waals surface area contributed by atoms with E-state index in [1.165, 1.54) is 0 Å². The number of ketones is 2. The summed E-state index contributed by atoms with van der Waals surface area (Å²) in [6, 6.07) is 28.2. The van der Waals surface area contributed by atoms with Crippen LogP contribution in [0.4, 0.5) is 5.69 Å². The second kappa shape index (κ2) is 10.2. The lowest BCUT2D eigenvalue weighted by atomic mass is 9.62. The molecule has 6 heteroatoms. The van der Waals surface area contributed by atoms with E-state index in [4.69, 9.17) is 4.74 Å². The van der Waals surface area contributed by atoms with Crippen LogP contribution in [-0.2, 0) is 10.2 Å². The molecule has 6 nitrogen and oxygen atoms in total. The van der Waals surface area contributed by atoms with Gasteiger partial charge in [-0.25, -0.2) is 0 Å². The number of aryl methyl sites for hydroxylation is 1. The number of anilines is 1. The lowest BCUT2D eigenvalue weighted by Crippen LogP contribution is -2.49. The largest absolute Gasteiger partial charge is 0.490 e. The fraction of sp³-hybridized carbons (Fsp3) is 0.162. The van der Waals surface area contributed by atoms with E-state index in [1.807, 2.05) is 84.8 Å². The summed E-state index contributed by atoms with van der Waals surface area (Å²) >= 11 is 0. The van der Waals surface area contributed by atoms with Gasteiger partial charge in [0.2, 0.25) is 5.91 Å². The van der Waals surface area contributed by atoms with E-state index < -0.39 is 23.4 Å². The molecule has 3 aliphatic heterocycles. The van der Waals surface area contributed by atoms with Crippen molar-refractivity contribution in [2.45, 2.75) is 24.4 Å². The quantitative estimate of drug-likeness (QED) is 0.203. The van der Waals surface area contributed by atoms with E-state index in [2.05, 4.69) is 11.9 Å². The van der Waals surface area contributed by atoms with E-state index in [0.717, 1.165) is 22.3 Å². The number of carbonyl (C=O) groups is 3. The molecule has 3 aliphatic rings. The first-order chi connectivity index (χ1) is 20.9. The van der Waals surface area contributed by atoms with Crippen LogP contribution in [0.1, 0.15) is 49.0 Å². The first-order valence-electron chi connectivity index (χ1n) is 14.4. The summed E-state index contributed by atoms with van der Waals surface area (Å²) in [7, 11) is 0. The monoisotopic (exact) mass is 566 g/mol. The van der Waals surface area contributed by atoms with Gasteiger partial charge in [-0.15, -0.1) is 0 Å². The number of hydrogen-bond donors (Lipinski definition) is 1. The molecule has 7 rings (SSSR count). The molecule has 4 aromatic rings. The molecule has 1 fully saturated rings. The van der Waals surface area contributed by atoms with Gasteiger partial charge in [0.05, 0.1) is 12.0 Å². The fourth-order valence-electron chi connectivity index (χ4n) is 7.13. The van der Waals surface area contributed by atoms with E-state index >= 15 is 0 Å². The maximum Gasteiger partial charge on any atom is 0.238 e. The molecule has 0 aromatic heterocycles. The maximum absolute atomic E-state index is 15.0. The van der Waals surface area contributed by atoms with Crippen molar-refractivity contribution in [3.8, 4) is 5.75 Å². The van der Waals surface area contributed by atoms with Crippen LogP contribution in [0.5, 0.6) is 5.75 Å². The van der Waals surface area contributed by atoms with Gasteiger partial charge in [-0.3, -0.25) is 14.4 Å². The summed E-state index contributed by atoms with van der Waals surface area (Å²) in [6.07, 6.45) is 5.49. The fourth-order valence-corrected chi connectivity index (χ4v) is 7.13. The van der Waals surface area contributed by atoms with Crippen LogP contribution < -0.4 is 10.1 Å². The average Bonchev–Trinajstić information content (AvgIpc) is 3.52. The summed E-state index contributed by atoms with van der Waals surface area (Å²) in [5.74, 6) is -1.31. The van der Waals surface area contributed by atoms with E-state index in [0.29, 0.717) is 22.6 Å². The SMILES string of the molecule is C=CCOc1cccc(C(=O)[C@@H]2[C@H](C(=O)c3ccc(C)cc3)N3C=Cc4ccccc4[C@H]3[C@]23C(=O)Nc2ccccc23)c1. The lowest BCUT2D eigenvalue weighted by molar-refractivity contribution is -0.122. The topological polar surface area (TPSA) is 75.7 Å². The molecule has 3 heterocycles. The van der Waals surface area contributed by atoms with Gasteiger partial charge in [-0.05, 0) is 47.9 Å². The summed E-state index contributed by atoms with van der Waals surface area (Å²) in [5.41, 5.74) is 3.75. The Labute approximate surface area is 250 Å². The second-order valence-electron chi connectivity index (χ2n) is 11.3. The Bertz CT molecular complexity index is 1820. The first kappa shape index (κ1) is 26.7. The molecule has 0 saturated carbocycles. The Morgan fingerprint density at radius 3 is 2.51 bits per heavy atom. The van der Waals surface area contributed by atoms with Crippen LogP contribution in [0, 0.1) is 12.8 Å². The van der Waals surface area contributed by atoms with Crippen LogP contribution >= 0.6 is 0 Å².